The molecule has 0 radical (unpaired) electrons. The van der Waals surface area contributed by atoms with E-state index in [0.29, 0.717) is 12.8 Å². The summed E-state index contributed by atoms with van der Waals surface area (Å²) in [5, 5.41) is 4.57. The zero-order valence-electron chi connectivity index (χ0n) is 11.5. The highest BCUT2D eigenvalue weighted by molar-refractivity contribution is 7.79. The first-order valence-corrected chi connectivity index (χ1v) is 7.89. The van der Waals surface area contributed by atoms with Gasteiger partial charge in [0.05, 0.1) is 0 Å². The average molecular weight is 299 g/mol. The number of urea groups is 1. The lowest BCUT2D eigenvalue weighted by Gasteiger charge is -2.39. The van der Waals surface area contributed by atoms with Crippen molar-refractivity contribution < 1.29 is 18.4 Å². The van der Waals surface area contributed by atoms with Crippen molar-refractivity contribution in [1.82, 2.24) is 10.6 Å². The first kappa shape index (κ1) is 15.2. The predicted molar refractivity (Wildman–Crippen MR) is 73.4 cm³/mol. The number of allylic oxidation sites excluding steroid dienone is 1. The van der Waals surface area contributed by atoms with Gasteiger partial charge < -0.3 is 9.87 Å². The van der Waals surface area contributed by atoms with Crippen LogP contribution in [0.1, 0.15) is 33.1 Å². The number of amides is 3. The van der Waals surface area contributed by atoms with Gasteiger partial charge in [-0.15, -0.1) is 0 Å². The molecule has 0 saturated carbocycles. The lowest BCUT2D eigenvalue weighted by Crippen LogP contribution is -2.55. The molecule has 1 saturated heterocycles. The summed E-state index contributed by atoms with van der Waals surface area (Å²) in [6.07, 6.45) is 5.64. The molecule has 2 rings (SSSR count). The Morgan fingerprint density at radius 1 is 1.50 bits per heavy atom. The molecule has 1 fully saturated rings. The Labute approximate surface area is 120 Å². The minimum Gasteiger partial charge on any atom is -0.772 e. The van der Waals surface area contributed by atoms with Gasteiger partial charge in [0.25, 0.3) is 5.91 Å². The van der Waals surface area contributed by atoms with E-state index in [2.05, 4.69) is 10.6 Å². The minimum atomic E-state index is -2.13. The van der Waals surface area contributed by atoms with Gasteiger partial charge in [-0.2, -0.15) is 0 Å². The van der Waals surface area contributed by atoms with Crippen LogP contribution in [0.3, 0.4) is 0 Å². The Morgan fingerprint density at radius 3 is 2.75 bits per heavy atom. The molecule has 3 amide bonds. The molecule has 0 aromatic heterocycles. The van der Waals surface area contributed by atoms with E-state index in [4.69, 9.17) is 0 Å². The van der Waals surface area contributed by atoms with Crippen LogP contribution in [0.15, 0.2) is 12.2 Å². The topological polar surface area (TPSA) is 98.3 Å². The van der Waals surface area contributed by atoms with Gasteiger partial charge in [-0.3, -0.25) is 14.3 Å². The van der Waals surface area contributed by atoms with Crippen LogP contribution in [0.5, 0.6) is 0 Å². The second kappa shape index (κ2) is 5.65. The van der Waals surface area contributed by atoms with Gasteiger partial charge in [0, 0.05) is 11.2 Å². The number of hydrogen-bond acceptors (Lipinski definition) is 4. The molecular formula is C13H19N2O4S-. The van der Waals surface area contributed by atoms with E-state index in [1.165, 1.54) is 0 Å². The van der Waals surface area contributed by atoms with Crippen molar-refractivity contribution in [3.05, 3.63) is 12.2 Å². The Kier molecular flexibility index (Phi) is 4.29. The molecular weight excluding hydrogens is 280 g/mol. The SMILES string of the molecule is CC(CC(C)S(=O)[O-])C1C=CCCC12NC(=O)NC2=O. The smallest absolute Gasteiger partial charge is 0.322 e. The molecule has 2 aliphatic rings. The maximum Gasteiger partial charge on any atom is 0.322 e. The second-order valence-corrected chi connectivity index (χ2v) is 6.98. The minimum absolute atomic E-state index is 0.0244. The van der Waals surface area contributed by atoms with Crippen LogP contribution < -0.4 is 10.6 Å². The van der Waals surface area contributed by atoms with Crippen molar-refractivity contribution in [3.63, 3.8) is 0 Å². The molecule has 2 N–H and O–H groups in total. The monoisotopic (exact) mass is 299 g/mol. The number of rotatable bonds is 4. The number of hydrogen-bond donors (Lipinski definition) is 2. The van der Waals surface area contributed by atoms with Gasteiger partial charge in [0.15, 0.2) is 0 Å². The fourth-order valence-electron chi connectivity index (χ4n) is 3.22. The maximum atomic E-state index is 12.1. The van der Waals surface area contributed by atoms with E-state index in [-0.39, 0.29) is 17.7 Å². The van der Waals surface area contributed by atoms with Crippen molar-refractivity contribution in [2.75, 3.05) is 0 Å². The van der Waals surface area contributed by atoms with Crippen molar-refractivity contribution in [1.29, 1.82) is 0 Å². The quantitative estimate of drug-likeness (QED) is 0.456. The molecule has 20 heavy (non-hydrogen) atoms. The Balaban J connectivity index is 2.21. The summed E-state index contributed by atoms with van der Waals surface area (Å²) in [6.45, 7) is 3.56. The van der Waals surface area contributed by atoms with Crippen LogP contribution in [0.2, 0.25) is 0 Å². The highest BCUT2D eigenvalue weighted by Crippen LogP contribution is 2.38. The molecule has 112 valence electrons. The summed E-state index contributed by atoms with van der Waals surface area (Å²) in [5.41, 5.74) is -0.921. The first-order valence-electron chi connectivity index (χ1n) is 6.75. The van der Waals surface area contributed by atoms with Crippen LogP contribution in [0, 0.1) is 11.8 Å². The van der Waals surface area contributed by atoms with E-state index in [1.54, 1.807) is 6.92 Å². The first-order chi connectivity index (χ1) is 9.36. The lowest BCUT2D eigenvalue weighted by molar-refractivity contribution is -0.126. The molecule has 1 spiro atoms. The molecule has 0 bridgehead atoms. The standard InChI is InChI=1S/C13H20N2O4S/c1-8(7-9(2)20(18)19)10-5-3-4-6-13(10)11(16)14-12(17)15-13/h3,5,8-10H,4,6-7H2,1-2H3,(H,18,19)(H2,14,15,16,17)/p-1. The van der Waals surface area contributed by atoms with Gasteiger partial charge in [0.2, 0.25) is 0 Å². The predicted octanol–water partition coefficient (Wildman–Crippen LogP) is 0.825. The fraction of sp³-hybridized carbons (Fsp3) is 0.692. The summed E-state index contributed by atoms with van der Waals surface area (Å²) >= 11 is -2.13. The van der Waals surface area contributed by atoms with Crippen molar-refractivity contribution in [2.45, 2.75) is 43.9 Å². The van der Waals surface area contributed by atoms with Crippen LogP contribution in [-0.2, 0) is 15.9 Å². The molecule has 0 aromatic rings. The lowest BCUT2D eigenvalue weighted by atomic mass is 9.69. The number of imide groups is 1. The summed E-state index contributed by atoms with van der Waals surface area (Å²) < 4.78 is 22.0. The van der Waals surface area contributed by atoms with Gasteiger partial charge in [-0.1, -0.05) is 37.1 Å². The van der Waals surface area contributed by atoms with E-state index in [9.17, 15) is 18.4 Å². The summed E-state index contributed by atoms with van der Waals surface area (Å²) in [6, 6.07) is -0.469. The van der Waals surface area contributed by atoms with Crippen LogP contribution >= 0.6 is 0 Å². The van der Waals surface area contributed by atoms with Crippen molar-refractivity contribution in [3.8, 4) is 0 Å². The van der Waals surface area contributed by atoms with Gasteiger partial charge in [-0.25, -0.2) is 4.79 Å². The highest BCUT2D eigenvalue weighted by atomic mass is 32.2. The number of carbonyl (C=O) groups is 2. The van der Waals surface area contributed by atoms with Crippen LogP contribution in [0.25, 0.3) is 0 Å². The summed E-state index contributed by atoms with van der Waals surface area (Å²) in [4.78, 5) is 23.6. The largest absolute Gasteiger partial charge is 0.772 e. The third-order valence-electron chi connectivity index (χ3n) is 4.23. The molecule has 1 heterocycles. The number of carbonyl (C=O) groups excluding carboxylic acids is 2. The third-order valence-corrected chi connectivity index (χ3v) is 5.08. The molecule has 5 unspecified atom stereocenters. The fourth-order valence-corrected chi connectivity index (χ4v) is 3.69. The zero-order valence-corrected chi connectivity index (χ0v) is 12.4. The van der Waals surface area contributed by atoms with Gasteiger partial charge in [0.1, 0.15) is 5.54 Å². The van der Waals surface area contributed by atoms with E-state index in [0.717, 1.165) is 6.42 Å². The van der Waals surface area contributed by atoms with Crippen molar-refractivity contribution in [2.24, 2.45) is 11.8 Å². The number of nitrogens with one attached hydrogen (secondary N) is 2. The molecule has 1 aliphatic heterocycles. The molecule has 6 nitrogen and oxygen atoms in total. The van der Waals surface area contributed by atoms with E-state index >= 15 is 0 Å². The molecule has 5 atom stereocenters. The van der Waals surface area contributed by atoms with Crippen LogP contribution in [0.4, 0.5) is 4.79 Å². The van der Waals surface area contributed by atoms with Gasteiger partial charge in [-0.05, 0) is 25.2 Å². The van der Waals surface area contributed by atoms with E-state index in [1.807, 2.05) is 19.1 Å². The maximum absolute atomic E-state index is 12.1. The van der Waals surface area contributed by atoms with Gasteiger partial charge >= 0.3 is 6.03 Å². The Hall–Kier alpha value is -1.21. The third kappa shape index (κ3) is 2.64. The summed E-state index contributed by atoms with van der Waals surface area (Å²) in [7, 11) is 0. The Bertz CT molecular complexity index is 479. The summed E-state index contributed by atoms with van der Waals surface area (Å²) in [5.74, 6) is -0.517. The molecule has 0 aromatic carbocycles. The molecule has 1 aliphatic carbocycles. The zero-order chi connectivity index (χ0) is 14.9. The Morgan fingerprint density at radius 2 is 2.20 bits per heavy atom. The second-order valence-electron chi connectivity index (χ2n) is 5.66. The highest BCUT2D eigenvalue weighted by Gasteiger charge is 2.52. The molecule has 7 heteroatoms. The van der Waals surface area contributed by atoms with E-state index < -0.39 is 27.9 Å². The van der Waals surface area contributed by atoms with Crippen molar-refractivity contribution >= 4 is 23.0 Å². The average Bonchev–Trinajstić information content (AvgIpc) is 2.64. The normalized spacial score (nSPS) is 33.6. The van der Waals surface area contributed by atoms with Crippen LogP contribution in [-0.4, -0.2) is 31.5 Å².